The van der Waals surface area contributed by atoms with Crippen LogP contribution in [-0.4, -0.2) is 26.1 Å². The van der Waals surface area contributed by atoms with Crippen molar-refractivity contribution in [3.8, 4) is 5.75 Å². The van der Waals surface area contributed by atoms with Crippen LogP contribution < -0.4 is 4.74 Å². The molecular weight excluding hydrogens is 328 g/mol. The first-order valence-electron chi connectivity index (χ1n) is 4.22. The Labute approximate surface area is 105 Å². The Bertz CT molecular complexity index is 353. The highest BCUT2D eigenvalue weighted by molar-refractivity contribution is 9.11. The van der Waals surface area contributed by atoms with E-state index >= 15 is 0 Å². The van der Waals surface area contributed by atoms with Crippen LogP contribution in [-0.2, 0) is 9.53 Å². The van der Waals surface area contributed by atoms with Crippen molar-refractivity contribution in [1.82, 2.24) is 0 Å². The first-order chi connectivity index (χ1) is 7.13. The zero-order valence-electron chi connectivity index (χ0n) is 8.13. The van der Waals surface area contributed by atoms with Crippen LogP contribution in [0.5, 0.6) is 5.75 Å². The molecule has 0 N–H and O–H groups in total. The summed E-state index contributed by atoms with van der Waals surface area (Å²) in [4.78, 5) is 11.1. The number of hydrogen-bond acceptors (Lipinski definition) is 3. The molecule has 0 aliphatic rings. The Morgan fingerprint density at radius 1 is 1.33 bits per heavy atom. The molecule has 0 bridgehead atoms. The van der Waals surface area contributed by atoms with Crippen LogP contribution >= 0.6 is 31.9 Å². The molecule has 0 aromatic heterocycles. The average molecular weight is 338 g/mol. The third kappa shape index (κ3) is 4.32. The van der Waals surface area contributed by atoms with Crippen molar-refractivity contribution in [2.24, 2.45) is 0 Å². The van der Waals surface area contributed by atoms with Gasteiger partial charge in [0.1, 0.15) is 19.0 Å². The minimum Gasteiger partial charge on any atom is -0.485 e. The second kappa shape index (κ2) is 6.25. The molecule has 0 amide bonds. The van der Waals surface area contributed by atoms with E-state index in [0.717, 1.165) is 8.95 Å². The maximum absolute atomic E-state index is 11.1. The fourth-order valence-electron chi connectivity index (χ4n) is 0.953. The van der Waals surface area contributed by atoms with Gasteiger partial charge in [0, 0.05) is 11.6 Å². The van der Waals surface area contributed by atoms with E-state index < -0.39 is 0 Å². The number of benzene rings is 1. The lowest BCUT2D eigenvalue weighted by Crippen LogP contribution is -2.16. The second-order valence-corrected chi connectivity index (χ2v) is 4.61. The maximum Gasteiger partial charge on any atom is 0.195 e. The summed E-state index contributed by atoms with van der Waals surface area (Å²) in [5.41, 5.74) is 0. The number of Topliss-reactive ketones (excluding diaryl/α,β-unsaturated/α-hetero) is 1. The van der Waals surface area contributed by atoms with E-state index in [-0.39, 0.29) is 19.0 Å². The highest BCUT2D eigenvalue weighted by Gasteiger charge is 2.05. The van der Waals surface area contributed by atoms with Crippen LogP contribution in [0.3, 0.4) is 0 Å². The molecule has 0 radical (unpaired) electrons. The van der Waals surface area contributed by atoms with Gasteiger partial charge in [0.25, 0.3) is 0 Å². The van der Waals surface area contributed by atoms with Gasteiger partial charge >= 0.3 is 0 Å². The largest absolute Gasteiger partial charge is 0.485 e. The number of ketones is 1. The zero-order chi connectivity index (χ0) is 11.3. The second-order valence-electron chi connectivity index (χ2n) is 2.84. The Morgan fingerprint density at radius 2 is 2.07 bits per heavy atom. The molecule has 1 aromatic rings. The standard InChI is InChI=1S/C10H10Br2O3/c1-14-5-8(13)6-15-10-3-2-7(11)4-9(10)12/h2-4H,5-6H2,1H3. The molecule has 0 fully saturated rings. The lowest BCUT2D eigenvalue weighted by atomic mass is 10.3. The van der Waals surface area contributed by atoms with Crippen LogP contribution in [0, 0.1) is 0 Å². The van der Waals surface area contributed by atoms with Crippen molar-refractivity contribution in [3.63, 3.8) is 0 Å². The van der Waals surface area contributed by atoms with Crippen LogP contribution in [0.25, 0.3) is 0 Å². The minimum atomic E-state index is -0.0904. The first-order valence-corrected chi connectivity index (χ1v) is 5.80. The Morgan fingerprint density at radius 3 is 2.67 bits per heavy atom. The molecular formula is C10H10Br2O3. The molecule has 0 aliphatic carbocycles. The molecule has 3 nitrogen and oxygen atoms in total. The average Bonchev–Trinajstić information content (AvgIpc) is 2.17. The van der Waals surface area contributed by atoms with Gasteiger partial charge in [-0.1, -0.05) is 15.9 Å². The van der Waals surface area contributed by atoms with Gasteiger partial charge in [-0.25, -0.2) is 0 Å². The predicted octanol–water partition coefficient (Wildman–Crippen LogP) is 2.81. The molecule has 0 unspecified atom stereocenters. The van der Waals surface area contributed by atoms with Gasteiger partial charge in [-0.05, 0) is 34.1 Å². The summed E-state index contributed by atoms with van der Waals surface area (Å²) in [6.45, 7) is 0.0994. The van der Waals surface area contributed by atoms with Gasteiger partial charge in [0.05, 0.1) is 4.47 Å². The summed E-state index contributed by atoms with van der Waals surface area (Å²) in [6, 6.07) is 5.49. The van der Waals surface area contributed by atoms with Gasteiger partial charge in [0.2, 0.25) is 0 Å². The highest BCUT2D eigenvalue weighted by atomic mass is 79.9. The minimum absolute atomic E-state index is 0.0219. The molecule has 0 aliphatic heterocycles. The van der Waals surface area contributed by atoms with Crippen molar-refractivity contribution < 1.29 is 14.3 Å². The number of ether oxygens (including phenoxy) is 2. The lowest BCUT2D eigenvalue weighted by Gasteiger charge is -2.07. The monoisotopic (exact) mass is 336 g/mol. The summed E-state index contributed by atoms with van der Waals surface area (Å²) >= 11 is 6.67. The normalized spacial score (nSPS) is 10.1. The summed E-state index contributed by atoms with van der Waals surface area (Å²) in [5, 5.41) is 0. The molecule has 0 spiro atoms. The van der Waals surface area contributed by atoms with Gasteiger partial charge in [0.15, 0.2) is 5.78 Å². The topological polar surface area (TPSA) is 35.5 Å². The smallest absolute Gasteiger partial charge is 0.195 e. The SMILES string of the molecule is COCC(=O)COc1ccc(Br)cc1Br. The number of carbonyl (C=O) groups is 1. The first kappa shape index (κ1) is 12.7. The molecule has 0 saturated carbocycles. The molecule has 0 heterocycles. The maximum atomic E-state index is 11.1. The van der Waals surface area contributed by atoms with Gasteiger partial charge < -0.3 is 9.47 Å². The van der Waals surface area contributed by atoms with Crippen molar-refractivity contribution in [2.45, 2.75) is 0 Å². The lowest BCUT2D eigenvalue weighted by molar-refractivity contribution is -0.124. The van der Waals surface area contributed by atoms with Gasteiger partial charge in [-0.2, -0.15) is 0 Å². The van der Waals surface area contributed by atoms with Crippen LogP contribution in [0.1, 0.15) is 0 Å². The molecule has 0 saturated heterocycles. The van der Waals surface area contributed by atoms with Crippen molar-refractivity contribution in [3.05, 3.63) is 27.1 Å². The summed E-state index contributed by atoms with van der Waals surface area (Å²) in [6.07, 6.45) is 0. The van der Waals surface area contributed by atoms with E-state index in [2.05, 4.69) is 31.9 Å². The fourth-order valence-corrected chi connectivity index (χ4v) is 2.11. The van der Waals surface area contributed by atoms with E-state index in [1.54, 1.807) is 6.07 Å². The van der Waals surface area contributed by atoms with E-state index in [9.17, 15) is 4.79 Å². The van der Waals surface area contributed by atoms with Crippen LogP contribution in [0.4, 0.5) is 0 Å². The fraction of sp³-hybridized carbons (Fsp3) is 0.300. The number of carbonyl (C=O) groups excluding carboxylic acids is 1. The number of halogens is 2. The Hall–Kier alpha value is -0.390. The highest BCUT2D eigenvalue weighted by Crippen LogP contribution is 2.28. The molecule has 1 aromatic carbocycles. The van der Waals surface area contributed by atoms with Crippen molar-refractivity contribution >= 4 is 37.6 Å². The molecule has 5 heteroatoms. The van der Waals surface area contributed by atoms with Crippen molar-refractivity contribution in [2.75, 3.05) is 20.3 Å². The molecule has 0 atom stereocenters. The van der Waals surface area contributed by atoms with Gasteiger partial charge in [-0.15, -0.1) is 0 Å². The summed E-state index contributed by atoms with van der Waals surface area (Å²) in [7, 11) is 1.48. The molecule has 15 heavy (non-hydrogen) atoms. The zero-order valence-corrected chi connectivity index (χ0v) is 11.3. The number of hydrogen-bond donors (Lipinski definition) is 0. The van der Waals surface area contributed by atoms with Crippen molar-refractivity contribution in [1.29, 1.82) is 0 Å². The third-order valence-electron chi connectivity index (χ3n) is 1.59. The van der Waals surface area contributed by atoms with E-state index in [1.165, 1.54) is 7.11 Å². The van der Waals surface area contributed by atoms with E-state index in [4.69, 9.17) is 9.47 Å². The van der Waals surface area contributed by atoms with Crippen LogP contribution in [0.15, 0.2) is 27.1 Å². The Kier molecular flexibility index (Phi) is 5.28. The van der Waals surface area contributed by atoms with Crippen LogP contribution in [0.2, 0.25) is 0 Å². The van der Waals surface area contributed by atoms with E-state index in [0.29, 0.717) is 5.75 Å². The summed E-state index contributed by atoms with van der Waals surface area (Å²) in [5.74, 6) is 0.551. The van der Waals surface area contributed by atoms with E-state index in [1.807, 2.05) is 12.1 Å². The van der Waals surface area contributed by atoms with Gasteiger partial charge in [-0.3, -0.25) is 4.79 Å². The molecule has 82 valence electrons. The third-order valence-corrected chi connectivity index (χ3v) is 2.70. The molecule has 1 rings (SSSR count). The summed E-state index contributed by atoms with van der Waals surface area (Å²) < 4.78 is 11.8. The Balaban J connectivity index is 2.54. The predicted molar refractivity (Wildman–Crippen MR) is 64.2 cm³/mol. The quantitative estimate of drug-likeness (QED) is 0.828. The number of rotatable bonds is 5. The number of methoxy groups -OCH3 is 1.